The molecular formula is C25H30F3N5O. The van der Waals surface area contributed by atoms with E-state index in [1.807, 2.05) is 4.90 Å². The van der Waals surface area contributed by atoms with Gasteiger partial charge in [-0.1, -0.05) is 19.1 Å². The van der Waals surface area contributed by atoms with Gasteiger partial charge in [-0.15, -0.1) is 0 Å². The molecular weight excluding hydrogens is 443 g/mol. The van der Waals surface area contributed by atoms with E-state index in [-0.39, 0.29) is 11.9 Å². The molecule has 3 unspecified atom stereocenters. The maximum atomic E-state index is 13.7. The summed E-state index contributed by atoms with van der Waals surface area (Å²) in [7, 11) is 0. The van der Waals surface area contributed by atoms with Gasteiger partial charge < -0.3 is 15.1 Å². The number of halogens is 3. The predicted octanol–water partition coefficient (Wildman–Crippen LogP) is 3.73. The van der Waals surface area contributed by atoms with Gasteiger partial charge in [-0.25, -0.2) is 9.97 Å². The monoisotopic (exact) mass is 473 g/mol. The fraction of sp³-hybridized carbons (Fsp3) is 0.560. The molecule has 3 atom stereocenters. The molecule has 34 heavy (non-hydrogen) atoms. The van der Waals surface area contributed by atoms with E-state index in [0.29, 0.717) is 37.7 Å². The molecule has 5 rings (SSSR count). The number of rotatable bonds is 4. The number of alkyl halides is 3. The minimum atomic E-state index is -4.39. The van der Waals surface area contributed by atoms with Crippen LogP contribution < -0.4 is 10.2 Å². The van der Waals surface area contributed by atoms with Gasteiger partial charge in [0.15, 0.2) is 0 Å². The van der Waals surface area contributed by atoms with Crippen LogP contribution in [0.5, 0.6) is 0 Å². The van der Waals surface area contributed by atoms with Gasteiger partial charge in [-0.3, -0.25) is 4.79 Å². The highest BCUT2D eigenvalue weighted by Crippen LogP contribution is 2.38. The van der Waals surface area contributed by atoms with Gasteiger partial charge in [0, 0.05) is 43.5 Å². The topological polar surface area (TPSA) is 61.4 Å². The van der Waals surface area contributed by atoms with Crippen molar-refractivity contribution in [3.63, 3.8) is 0 Å². The highest BCUT2D eigenvalue weighted by Gasteiger charge is 2.37. The Hall–Kier alpha value is -2.68. The normalized spacial score (nSPS) is 23.8. The molecule has 0 bridgehead atoms. The minimum absolute atomic E-state index is 0.0138. The van der Waals surface area contributed by atoms with Gasteiger partial charge in [0.2, 0.25) is 5.91 Å². The first kappa shape index (κ1) is 23.1. The van der Waals surface area contributed by atoms with Crippen LogP contribution in [0.25, 0.3) is 0 Å². The van der Waals surface area contributed by atoms with Crippen molar-refractivity contribution in [3.8, 4) is 0 Å². The number of nitrogens with one attached hydrogen (secondary N) is 1. The van der Waals surface area contributed by atoms with Crippen molar-refractivity contribution in [2.75, 3.05) is 37.6 Å². The summed E-state index contributed by atoms with van der Waals surface area (Å²) in [6.45, 7) is 5.52. The number of anilines is 1. The molecule has 0 saturated carbocycles. The number of hydrogen-bond donors (Lipinski definition) is 1. The molecule has 3 heterocycles. The lowest BCUT2D eigenvalue weighted by Crippen LogP contribution is -2.52. The van der Waals surface area contributed by atoms with Crippen molar-refractivity contribution in [2.45, 2.75) is 56.7 Å². The second-order valence-corrected chi connectivity index (χ2v) is 9.61. The Morgan fingerprint density at radius 3 is 2.47 bits per heavy atom. The first-order valence-corrected chi connectivity index (χ1v) is 12.1. The molecule has 1 N–H and O–H groups in total. The molecule has 0 radical (unpaired) electrons. The fourth-order valence-electron chi connectivity index (χ4n) is 5.63. The number of aryl methyl sites for hydroxylation is 1. The third-order valence-electron chi connectivity index (χ3n) is 7.51. The smallest absolute Gasteiger partial charge is 0.353 e. The van der Waals surface area contributed by atoms with Crippen LogP contribution in [0.1, 0.15) is 60.4 Å². The Morgan fingerprint density at radius 2 is 1.82 bits per heavy atom. The number of aromatic nitrogens is 2. The third kappa shape index (κ3) is 4.37. The van der Waals surface area contributed by atoms with Gasteiger partial charge >= 0.3 is 6.18 Å². The van der Waals surface area contributed by atoms with Crippen molar-refractivity contribution in [1.82, 2.24) is 20.2 Å². The number of fused-ring (bicyclic) bond motifs is 1. The zero-order chi connectivity index (χ0) is 23.9. The summed E-state index contributed by atoms with van der Waals surface area (Å²) >= 11 is 0. The maximum Gasteiger partial charge on any atom is 0.416 e. The lowest BCUT2D eigenvalue weighted by molar-refractivity contribution is -0.137. The average molecular weight is 474 g/mol. The standard InChI is InChI=1S/C25H30F3N5O/c1-16-4-9-20-21(16)23(31-15-30-20)32-11-13-33(14-12-32)24(34)22(19-3-2-10-29-19)17-5-7-18(8-6-17)25(26,27)28/h5-8,15-16,19,22,29H,2-4,9-14H2,1H3. The first-order valence-electron chi connectivity index (χ1n) is 12.1. The first-order chi connectivity index (χ1) is 16.3. The van der Waals surface area contributed by atoms with E-state index in [1.54, 1.807) is 6.33 Å². The molecule has 2 aromatic rings. The Kier molecular flexibility index (Phi) is 6.22. The van der Waals surface area contributed by atoms with Gasteiger partial charge in [0.05, 0.1) is 11.5 Å². The Balaban J connectivity index is 1.32. The van der Waals surface area contributed by atoms with Crippen LogP contribution in [-0.2, 0) is 17.4 Å². The molecule has 1 aliphatic carbocycles. The van der Waals surface area contributed by atoms with Crippen LogP contribution in [0.15, 0.2) is 30.6 Å². The molecule has 2 saturated heterocycles. The van der Waals surface area contributed by atoms with Crippen LogP contribution >= 0.6 is 0 Å². The third-order valence-corrected chi connectivity index (χ3v) is 7.51. The second kappa shape index (κ2) is 9.17. The quantitative estimate of drug-likeness (QED) is 0.733. The zero-order valence-corrected chi connectivity index (χ0v) is 19.3. The van der Waals surface area contributed by atoms with Crippen LogP contribution in [0.3, 0.4) is 0 Å². The van der Waals surface area contributed by atoms with Crippen molar-refractivity contribution in [2.24, 2.45) is 0 Å². The summed E-state index contributed by atoms with van der Waals surface area (Å²) in [5.41, 5.74) is 2.31. The van der Waals surface area contributed by atoms with Gasteiger partial charge in [-0.2, -0.15) is 13.2 Å². The number of piperazine rings is 1. The molecule has 1 amide bonds. The molecule has 3 aliphatic rings. The summed E-state index contributed by atoms with van der Waals surface area (Å²) in [4.78, 5) is 26.8. The van der Waals surface area contributed by atoms with Crippen molar-refractivity contribution >= 4 is 11.7 Å². The lowest BCUT2D eigenvalue weighted by atomic mass is 9.88. The van der Waals surface area contributed by atoms with E-state index in [9.17, 15) is 18.0 Å². The van der Waals surface area contributed by atoms with Crippen LogP contribution in [0.2, 0.25) is 0 Å². The van der Waals surface area contributed by atoms with Crippen LogP contribution in [0.4, 0.5) is 19.0 Å². The van der Waals surface area contributed by atoms with Gasteiger partial charge in [0.1, 0.15) is 12.1 Å². The zero-order valence-electron chi connectivity index (χ0n) is 19.3. The molecule has 0 spiro atoms. The van der Waals surface area contributed by atoms with E-state index in [1.165, 1.54) is 17.7 Å². The number of benzene rings is 1. The van der Waals surface area contributed by atoms with E-state index in [2.05, 4.69) is 27.1 Å². The lowest BCUT2D eigenvalue weighted by Gasteiger charge is -2.39. The SMILES string of the molecule is CC1CCc2ncnc(N3CCN(C(=O)C(c4ccc(C(F)(F)F)cc4)C4CCCN4)CC3)c21. The van der Waals surface area contributed by atoms with Crippen molar-refractivity contribution in [1.29, 1.82) is 0 Å². The largest absolute Gasteiger partial charge is 0.416 e. The van der Waals surface area contributed by atoms with E-state index < -0.39 is 17.7 Å². The minimum Gasteiger partial charge on any atom is -0.353 e. The van der Waals surface area contributed by atoms with E-state index in [4.69, 9.17) is 0 Å². The maximum absolute atomic E-state index is 13.7. The average Bonchev–Trinajstić information content (AvgIpc) is 3.49. The second-order valence-electron chi connectivity index (χ2n) is 9.61. The van der Waals surface area contributed by atoms with Gasteiger partial charge in [-0.05, 0) is 55.8 Å². The Bertz CT molecular complexity index is 1030. The summed E-state index contributed by atoms with van der Waals surface area (Å²) in [5.74, 6) is 0.918. The summed E-state index contributed by atoms with van der Waals surface area (Å²) in [5, 5.41) is 3.39. The number of amides is 1. The summed E-state index contributed by atoms with van der Waals surface area (Å²) < 4.78 is 39.2. The highest BCUT2D eigenvalue weighted by atomic mass is 19.4. The number of carbonyl (C=O) groups is 1. The molecule has 9 heteroatoms. The molecule has 6 nitrogen and oxygen atoms in total. The number of hydrogen-bond acceptors (Lipinski definition) is 5. The summed E-state index contributed by atoms with van der Waals surface area (Å²) in [6, 6.07) is 5.03. The molecule has 182 valence electrons. The summed E-state index contributed by atoms with van der Waals surface area (Å²) in [6.07, 6.45) is 1.10. The Labute approximate surface area is 197 Å². The molecule has 1 aromatic carbocycles. The predicted molar refractivity (Wildman–Crippen MR) is 123 cm³/mol. The van der Waals surface area contributed by atoms with Crippen LogP contribution in [-0.4, -0.2) is 59.5 Å². The fourth-order valence-corrected chi connectivity index (χ4v) is 5.63. The Morgan fingerprint density at radius 1 is 1.09 bits per heavy atom. The van der Waals surface area contributed by atoms with Crippen molar-refractivity contribution < 1.29 is 18.0 Å². The number of carbonyl (C=O) groups excluding carboxylic acids is 1. The highest BCUT2D eigenvalue weighted by molar-refractivity contribution is 5.85. The molecule has 1 aromatic heterocycles. The molecule has 2 fully saturated rings. The van der Waals surface area contributed by atoms with E-state index >= 15 is 0 Å². The van der Waals surface area contributed by atoms with E-state index in [0.717, 1.165) is 55.9 Å². The van der Waals surface area contributed by atoms with Gasteiger partial charge in [0.25, 0.3) is 0 Å². The van der Waals surface area contributed by atoms with Crippen LogP contribution in [0, 0.1) is 0 Å². The number of nitrogens with zero attached hydrogens (tertiary/aromatic N) is 4. The molecule has 2 aliphatic heterocycles. The van der Waals surface area contributed by atoms with Crippen molar-refractivity contribution in [3.05, 3.63) is 53.0 Å².